The molecule has 0 saturated carbocycles. The second kappa shape index (κ2) is 5.94. The number of nitrogens with one attached hydrogen (secondary N) is 1. The van der Waals surface area contributed by atoms with Crippen molar-refractivity contribution >= 4 is 16.8 Å². The van der Waals surface area contributed by atoms with Gasteiger partial charge in [0.25, 0.3) is 11.5 Å². The van der Waals surface area contributed by atoms with E-state index in [1.807, 2.05) is 38.1 Å². The van der Waals surface area contributed by atoms with Crippen LogP contribution >= 0.6 is 0 Å². The standard InChI is InChI=1S/C19H18N4O3/c1-19(2)10-23(9-12-5-3-4-6-16(12)26-19)18(25)14-7-13-15(8-20-14)21-11-22-17(13)24/h3-8,11H,9-10H2,1-2H3,(H,21,22,24). The van der Waals surface area contributed by atoms with Crippen LogP contribution in [-0.4, -0.2) is 37.9 Å². The first-order valence-electron chi connectivity index (χ1n) is 8.33. The van der Waals surface area contributed by atoms with E-state index >= 15 is 0 Å². The highest BCUT2D eigenvalue weighted by atomic mass is 16.5. The normalized spacial score (nSPS) is 15.8. The molecule has 26 heavy (non-hydrogen) atoms. The van der Waals surface area contributed by atoms with Crippen LogP contribution in [0.1, 0.15) is 29.9 Å². The maximum atomic E-state index is 13.1. The zero-order chi connectivity index (χ0) is 18.3. The quantitative estimate of drug-likeness (QED) is 0.726. The Kier molecular flexibility index (Phi) is 3.72. The molecule has 1 aliphatic rings. The number of ether oxygens (including phenoxy) is 1. The number of H-pyrrole nitrogens is 1. The maximum absolute atomic E-state index is 13.1. The predicted octanol–water partition coefficient (Wildman–Crippen LogP) is 2.13. The van der Waals surface area contributed by atoms with Crippen molar-refractivity contribution < 1.29 is 9.53 Å². The molecule has 0 aliphatic carbocycles. The maximum Gasteiger partial charge on any atom is 0.272 e. The monoisotopic (exact) mass is 350 g/mol. The van der Waals surface area contributed by atoms with Gasteiger partial charge in [0, 0.05) is 12.1 Å². The number of pyridine rings is 1. The van der Waals surface area contributed by atoms with Gasteiger partial charge in [-0.15, -0.1) is 0 Å². The Balaban J connectivity index is 1.73. The summed E-state index contributed by atoms with van der Waals surface area (Å²) in [6, 6.07) is 9.18. The molecule has 1 aromatic carbocycles. The van der Waals surface area contributed by atoms with Gasteiger partial charge in [0.15, 0.2) is 0 Å². The number of fused-ring (bicyclic) bond motifs is 2. The Bertz CT molecular complexity index is 1060. The predicted molar refractivity (Wildman–Crippen MR) is 96.0 cm³/mol. The number of para-hydroxylation sites is 1. The minimum Gasteiger partial charge on any atom is -0.486 e. The molecule has 7 heteroatoms. The van der Waals surface area contributed by atoms with E-state index in [4.69, 9.17) is 4.74 Å². The third-order valence-corrected chi connectivity index (χ3v) is 4.32. The molecule has 3 aromatic rings. The van der Waals surface area contributed by atoms with Crippen molar-refractivity contribution in [1.82, 2.24) is 19.9 Å². The summed E-state index contributed by atoms with van der Waals surface area (Å²) < 4.78 is 6.07. The summed E-state index contributed by atoms with van der Waals surface area (Å²) in [4.78, 5) is 37.5. The summed E-state index contributed by atoms with van der Waals surface area (Å²) in [5.74, 6) is 0.531. The number of amides is 1. The molecular weight excluding hydrogens is 332 g/mol. The van der Waals surface area contributed by atoms with E-state index in [9.17, 15) is 9.59 Å². The summed E-state index contributed by atoms with van der Waals surface area (Å²) in [5, 5.41) is 0.344. The molecule has 132 valence electrons. The highest BCUT2D eigenvalue weighted by molar-refractivity contribution is 5.95. The summed E-state index contributed by atoms with van der Waals surface area (Å²) >= 11 is 0. The fraction of sp³-hybridized carbons (Fsp3) is 0.263. The zero-order valence-corrected chi connectivity index (χ0v) is 14.5. The van der Waals surface area contributed by atoms with Crippen LogP contribution in [0.5, 0.6) is 5.75 Å². The Hall–Kier alpha value is -3.22. The van der Waals surface area contributed by atoms with Crippen LogP contribution in [0, 0.1) is 0 Å². The van der Waals surface area contributed by atoms with E-state index in [-0.39, 0.29) is 17.2 Å². The largest absolute Gasteiger partial charge is 0.486 e. The van der Waals surface area contributed by atoms with Crippen LogP contribution in [0.4, 0.5) is 0 Å². The molecule has 0 bridgehead atoms. The van der Waals surface area contributed by atoms with Crippen molar-refractivity contribution in [2.75, 3.05) is 6.54 Å². The van der Waals surface area contributed by atoms with Crippen molar-refractivity contribution in [3.05, 3.63) is 64.5 Å². The van der Waals surface area contributed by atoms with Crippen LogP contribution in [0.25, 0.3) is 10.9 Å². The van der Waals surface area contributed by atoms with Gasteiger partial charge in [0.2, 0.25) is 0 Å². The first-order valence-corrected chi connectivity index (χ1v) is 8.33. The number of rotatable bonds is 1. The first-order chi connectivity index (χ1) is 12.4. The molecule has 4 rings (SSSR count). The highest BCUT2D eigenvalue weighted by Gasteiger charge is 2.32. The topological polar surface area (TPSA) is 88.2 Å². The van der Waals surface area contributed by atoms with Crippen LogP contribution in [0.15, 0.2) is 47.7 Å². The van der Waals surface area contributed by atoms with E-state index in [1.165, 1.54) is 18.6 Å². The Labute approximate surface area is 149 Å². The molecule has 2 aromatic heterocycles. The Morgan fingerprint density at radius 2 is 2.08 bits per heavy atom. The fourth-order valence-corrected chi connectivity index (χ4v) is 3.18. The summed E-state index contributed by atoms with van der Waals surface area (Å²) in [5.41, 5.74) is 0.766. The molecule has 3 heterocycles. The Morgan fingerprint density at radius 3 is 2.92 bits per heavy atom. The van der Waals surface area contributed by atoms with Gasteiger partial charge in [-0.2, -0.15) is 0 Å². The Morgan fingerprint density at radius 1 is 1.27 bits per heavy atom. The number of aromatic amines is 1. The molecule has 0 fully saturated rings. The molecule has 0 radical (unpaired) electrons. The summed E-state index contributed by atoms with van der Waals surface area (Å²) in [7, 11) is 0. The summed E-state index contributed by atoms with van der Waals surface area (Å²) in [6.07, 6.45) is 2.77. The number of aromatic nitrogens is 3. The van der Waals surface area contributed by atoms with Gasteiger partial charge in [0.1, 0.15) is 17.0 Å². The molecule has 1 aliphatic heterocycles. The van der Waals surface area contributed by atoms with Crippen molar-refractivity contribution in [3.8, 4) is 5.75 Å². The lowest BCUT2D eigenvalue weighted by Crippen LogP contribution is -2.43. The van der Waals surface area contributed by atoms with Crippen LogP contribution in [0.3, 0.4) is 0 Å². The molecular formula is C19H18N4O3. The molecule has 7 nitrogen and oxygen atoms in total. The third kappa shape index (κ3) is 2.92. The van der Waals surface area contributed by atoms with Crippen molar-refractivity contribution in [1.29, 1.82) is 0 Å². The van der Waals surface area contributed by atoms with Gasteiger partial charge in [-0.1, -0.05) is 18.2 Å². The van der Waals surface area contributed by atoms with Gasteiger partial charge in [-0.05, 0) is 26.0 Å². The molecule has 0 spiro atoms. The van der Waals surface area contributed by atoms with Crippen molar-refractivity contribution in [2.24, 2.45) is 0 Å². The molecule has 0 unspecified atom stereocenters. The second-order valence-electron chi connectivity index (χ2n) is 6.95. The van der Waals surface area contributed by atoms with Crippen molar-refractivity contribution in [2.45, 2.75) is 26.0 Å². The van der Waals surface area contributed by atoms with Gasteiger partial charge in [-0.25, -0.2) is 9.97 Å². The average molecular weight is 350 g/mol. The van der Waals surface area contributed by atoms with E-state index in [1.54, 1.807) is 4.90 Å². The molecule has 1 amide bonds. The third-order valence-electron chi connectivity index (χ3n) is 4.32. The summed E-state index contributed by atoms with van der Waals surface area (Å²) in [6.45, 7) is 4.71. The van der Waals surface area contributed by atoms with Crippen LogP contribution in [0.2, 0.25) is 0 Å². The number of carbonyl (C=O) groups is 1. The van der Waals surface area contributed by atoms with E-state index < -0.39 is 5.60 Å². The van der Waals surface area contributed by atoms with Gasteiger partial charge < -0.3 is 14.6 Å². The lowest BCUT2D eigenvalue weighted by molar-refractivity contribution is 0.0496. The zero-order valence-electron chi connectivity index (χ0n) is 14.5. The average Bonchev–Trinajstić information content (AvgIpc) is 2.75. The van der Waals surface area contributed by atoms with Crippen LogP contribution in [-0.2, 0) is 6.54 Å². The SMILES string of the molecule is CC1(C)CN(C(=O)c2cc3c(=O)[nH]cnc3cn2)Cc2ccccc2O1. The van der Waals surface area contributed by atoms with E-state index in [0.717, 1.165) is 11.3 Å². The number of hydrogen-bond donors (Lipinski definition) is 1. The van der Waals surface area contributed by atoms with Gasteiger partial charge >= 0.3 is 0 Å². The van der Waals surface area contributed by atoms with Gasteiger partial charge in [0.05, 0.1) is 30.0 Å². The lowest BCUT2D eigenvalue weighted by atomic mass is 10.1. The molecule has 0 saturated heterocycles. The highest BCUT2D eigenvalue weighted by Crippen LogP contribution is 2.29. The fourth-order valence-electron chi connectivity index (χ4n) is 3.18. The van der Waals surface area contributed by atoms with Crippen LogP contribution < -0.4 is 10.3 Å². The second-order valence-corrected chi connectivity index (χ2v) is 6.95. The van der Waals surface area contributed by atoms with E-state index in [2.05, 4.69) is 15.0 Å². The number of hydrogen-bond acceptors (Lipinski definition) is 5. The van der Waals surface area contributed by atoms with Crippen molar-refractivity contribution in [3.63, 3.8) is 0 Å². The first kappa shape index (κ1) is 16.3. The molecule has 0 atom stereocenters. The number of carbonyl (C=O) groups excluding carboxylic acids is 1. The number of benzene rings is 1. The minimum absolute atomic E-state index is 0.214. The number of nitrogens with zero attached hydrogens (tertiary/aromatic N) is 3. The lowest BCUT2D eigenvalue weighted by Gasteiger charge is -2.29. The van der Waals surface area contributed by atoms with Gasteiger partial charge in [-0.3, -0.25) is 9.59 Å². The minimum atomic E-state index is -0.544. The molecule has 1 N–H and O–H groups in total. The van der Waals surface area contributed by atoms with E-state index in [0.29, 0.717) is 24.0 Å². The smallest absolute Gasteiger partial charge is 0.272 e.